The van der Waals surface area contributed by atoms with Gasteiger partial charge in [0.1, 0.15) is 0 Å². The van der Waals surface area contributed by atoms with Crippen LogP contribution in [0.4, 0.5) is 0 Å². The molecule has 0 amide bonds. The van der Waals surface area contributed by atoms with E-state index in [1.54, 1.807) is 0 Å². The van der Waals surface area contributed by atoms with Crippen LogP contribution in [0.1, 0.15) is 41.5 Å². The lowest BCUT2D eigenvalue weighted by molar-refractivity contribution is -0.173. The van der Waals surface area contributed by atoms with Crippen molar-refractivity contribution in [3.63, 3.8) is 0 Å². The van der Waals surface area contributed by atoms with Crippen molar-refractivity contribution in [1.29, 1.82) is 0 Å². The van der Waals surface area contributed by atoms with Crippen LogP contribution in [-0.2, 0) is 9.31 Å². The first-order chi connectivity index (χ1) is 5.21. The average Bonchev–Trinajstić information content (AvgIpc) is 1.83. The molecule has 1 aliphatic rings. The fraction of sp³-hybridized carbons (Fsp3) is 1.00. The van der Waals surface area contributed by atoms with Crippen LogP contribution in [0, 0.1) is 5.41 Å². The van der Waals surface area contributed by atoms with Gasteiger partial charge in [0, 0.05) is 5.41 Å². The van der Waals surface area contributed by atoms with E-state index in [0.29, 0.717) is 7.69 Å². The fourth-order valence-electron chi connectivity index (χ4n) is 1.41. The Labute approximate surface area is 75.9 Å². The van der Waals surface area contributed by atoms with Crippen LogP contribution in [-0.4, -0.2) is 18.9 Å². The van der Waals surface area contributed by atoms with Crippen molar-refractivity contribution in [2.45, 2.75) is 52.7 Å². The third-order valence-electron chi connectivity index (χ3n) is 3.85. The van der Waals surface area contributed by atoms with E-state index in [1.807, 2.05) is 0 Å². The van der Waals surface area contributed by atoms with Gasteiger partial charge < -0.3 is 9.31 Å². The van der Waals surface area contributed by atoms with E-state index in [1.165, 1.54) is 0 Å². The van der Waals surface area contributed by atoms with E-state index < -0.39 is 0 Å². The third-order valence-corrected chi connectivity index (χ3v) is 3.85. The Morgan fingerprint density at radius 1 is 0.750 bits per heavy atom. The zero-order valence-corrected chi connectivity index (χ0v) is 9.02. The first kappa shape index (κ1) is 10.1. The predicted molar refractivity (Wildman–Crippen MR) is 51.3 cm³/mol. The molecule has 0 aromatic heterocycles. The molecule has 0 aromatic carbocycles. The Balaban J connectivity index is 2.99. The van der Waals surface area contributed by atoms with Gasteiger partial charge in [0.2, 0.25) is 0 Å². The second-order valence-corrected chi connectivity index (χ2v) is 5.05. The summed E-state index contributed by atoms with van der Waals surface area (Å²) in [6.45, 7) is 12.9. The van der Waals surface area contributed by atoms with Crippen molar-refractivity contribution >= 4 is 7.69 Å². The first-order valence-electron chi connectivity index (χ1n) is 4.49. The predicted octanol–water partition coefficient (Wildman–Crippen LogP) is 1.88. The number of rotatable bonds is 0. The van der Waals surface area contributed by atoms with Gasteiger partial charge in [-0.15, -0.1) is 0 Å². The Bertz CT molecular complexity index is 167. The van der Waals surface area contributed by atoms with Crippen LogP contribution < -0.4 is 0 Å². The Morgan fingerprint density at radius 3 is 1.33 bits per heavy atom. The molecule has 0 saturated carbocycles. The van der Waals surface area contributed by atoms with E-state index in [4.69, 9.17) is 9.31 Å². The maximum absolute atomic E-state index is 5.59. The van der Waals surface area contributed by atoms with Crippen LogP contribution >= 0.6 is 0 Å². The number of hydrogen-bond donors (Lipinski definition) is 0. The molecule has 1 aliphatic heterocycles. The number of hydrogen-bond acceptors (Lipinski definition) is 2. The summed E-state index contributed by atoms with van der Waals surface area (Å²) in [7, 11) is 0.406. The summed E-state index contributed by atoms with van der Waals surface area (Å²) in [6, 6.07) is 0. The SMILES string of the molecule is CC1(C)OBOC(C)(C)C1(C)C. The molecule has 0 radical (unpaired) electrons. The minimum absolute atomic E-state index is 0.0260. The maximum atomic E-state index is 5.59. The topological polar surface area (TPSA) is 18.5 Å². The Hall–Kier alpha value is -0.0151. The molecule has 0 N–H and O–H groups in total. The lowest BCUT2D eigenvalue weighted by atomic mass is 9.64. The molecular weight excluding hydrogens is 151 g/mol. The van der Waals surface area contributed by atoms with E-state index in [0.717, 1.165) is 0 Å². The molecule has 2 nitrogen and oxygen atoms in total. The largest absolute Gasteiger partial charge is 0.438 e. The normalized spacial score (nSPS) is 30.8. The second-order valence-electron chi connectivity index (χ2n) is 5.05. The fourth-order valence-corrected chi connectivity index (χ4v) is 1.41. The quantitative estimate of drug-likeness (QED) is 0.516. The third kappa shape index (κ3) is 1.19. The lowest BCUT2D eigenvalue weighted by Crippen LogP contribution is -2.60. The maximum Gasteiger partial charge on any atom is 0.438 e. The van der Waals surface area contributed by atoms with Crippen molar-refractivity contribution in [2.24, 2.45) is 5.41 Å². The molecule has 3 heteroatoms. The van der Waals surface area contributed by atoms with Crippen LogP contribution in [0.25, 0.3) is 0 Å². The summed E-state index contributed by atoms with van der Waals surface area (Å²) in [5.41, 5.74) is -0.207. The van der Waals surface area contributed by atoms with Gasteiger partial charge in [0.15, 0.2) is 0 Å². The molecule has 12 heavy (non-hydrogen) atoms. The Morgan fingerprint density at radius 2 is 1.08 bits per heavy atom. The van der Waals surface area contributed by atoms with Gasteiger partial charge in [-0.25, -0.2) is 0 Å². The van der Waals surface area contributed by atoms with Gasteiger partial charge in [0.25, 0.3) is 0 Å². The molecule has 70 valence electrons. The van der Waals surface area contributed by atoms with E-state index in [2.05, 4.69) is 41.5 Å². The van der Waals surface area contributed by atoms with Gasteiger partial charge >= 0.3 is 7.69 Å². The molecule has 0 bridgehead atoms. The first-order valence-corrected chi connectivity index (χ1v) is 4.49. The highest BCUT2D eigenvalue weighted by Gasteiger charge is 2.52. The molecule has 1 rings (SSSR count). The van der Waals surface area contributed by atoms with Crippen molar-refractivity contribution in [1.82, 2.24) is 0 Å². The molecule has 0 aliphatic carbocycles. The van der Waals surface area contributed by atoms with Crippen LogP contribution in [0.2, 0.25) is 0 Å². The van der Waals surface area contributed by atoms with Crippen LogP contribution in [0.15, 0.2) is 0 Å². The van der Waals surface area contributed by atoms with Crippen molar-refractivity contribution < 1.29 is 9.31 Å². The van der Waals surface area contributed by atoms with Crippen molar-refractivity contribution in [3.05, 3.63) is 0 Å². The van der Waals surface area contributed by atoms with Crippen LogP contribution in [0.5, 0.6) is 0 Å². The van der Waals surface area contributed by atoms with Gasteiger partial charge in [-0.2, -0.15) is 0 Å². The molecule has 1 saturated heterocycles. The standard InChI is InChI=1S/C9H19BO2/c1-7(2)8(3,4)11-10-12-9(7,5)6/h10H,1-6H3. The molecule has 0 atom stereocenters. The molecule has 1 fully saturated rings. The van der Waals surface area contributed by atoms with Crippen LogP contribution in [0.3, 0.4) is 0 Å². The lowest BCUT2D eigenvalue weighted by Gasteiger charge is -2.55. The smallest absolute Gasteiger partial charge is 0.408 e. The molecule has 0 unspecified atom stereocenters. The highest BCUT2D eigenvalue weighted by molar-refractivity contribution is 6.18. The van der Waals surface area contributed by atoms with E-state index in [-0.39, 0.29) is 16.6 Å². The highest BCUT2D eigenvalue weighted by Crippen LogP contribution is 2.47. The molecule has 0 aromatic rings. The van der Waals surface area contributed by atoms with Crippen molar-refractivity contribution in [2.75, 3.05) is 0 Å². The second kappa shape index (κ2) is 2.49. The monoisotopic (exact) mass is 170 g/mol. The van der Waals surface area contributed by atoms with Gasteiger partial charge in [-0.3, -0.25) is 0 Å². The van der Waals surface area contributed by atoms with Crippen molar-refractivity contribution in [3.8, 4) is 0 Å². The minimum Gasteiger partial charge on any atom is -0.408 e. The van der Waals surface area contributed by atoms with E-state index >= 15 is 0 Å². The zero-order valence-electron chi connectivity index (χ0n) is 9.02. The van der Waals surface area contributed by atoms with E-state index in [9.17, 15) is 0 Å². The summed E-state index contributed by atoms with van der Waals surface area (Å²) < 4.78 is 11.2. The summed E-state index contributed by atoms with van der Waals surface area (Å²) >= 11 is 0. The van der Waals surface area contributed by atoms with Gasteiger partial charge in [0.05, 0.1) is 11.2 Å². The molecular formula is C9H19BO2. The zero-order chi connectivity index (χ0) is 9.62. The summed E-state index contributed by atoms with van der Waals surface area (Å²) in [5, 5.41) is 0. The minimum atomic E-state index is -0.116. The van der Waals surface area contributed by atoms with Gasteiger partial charge in [-0.05, 0) is 27.7 Å². The highest BCUT2D eigenvalue weighted by atomic mass is 16.6. The molecule has 0 spiro atoms. The summed E-state index contributed by atoms with van der Waals surface area (Å²) in [6.07, 6.45) is 0. The molecule has 1 heterocycles. The average molecular weight is 170 g/mol. The Kier molecular flexibility index (Phi) is 2.09. The van der Waals surface area contributed by atoms with Gasteiger partial charge in [-0.1, -0.05) is 13.8 Å². The summed E-state index contributed by atoms with van der Waals surface area (Å²) in [4.78, 5) is 0. The summed E-state index contributed by atoms with van der Waals surface area (Å²) in [5.74, 6) is 0.